The first-order valence-corrected chi connectivity index (χ1v) is 12.0. The predicted molar refractivity (Wildman–Crippen MR) is 118 cm³/mol. The Balaban J connectivity index is 1.69. The van der Waals surface area contributed by atoms with Gasteiger partial charge in [-0.15, -0.1) is 0 Å². The third-order valence-electron chi connectivity index (χ3n) is 5.46. The number of nitrogens with zero attached hydrogens (tertiary/aromatic N) is 1. The highest BCUT2D eigenvalue weighted by Gasteiger charge is 2.28. The highest BCUT2D eigenvalue weighted by atomic mass is 32.2. The van der Waals surface area contributed by atoms with E-state index in [1.807, 2.05) is 30.3 Å². The van der Waals surface area contributed by atoms with Gasteiger partial charge in [0.15, 0.2) is 0 Å². The summed E-state index contributed by atoms with van der Waals surface area (Å²) in [6.45, 7) is 5.36. The van der Waals surface area contributed by atoms with Gasteiger partial charge in [0, 0.05) is 19.6 Å². The van der Waals surface area contributed by atoms with Crippen molar-refractivity contribution in [2.24, 2.45) is 5.92 Å². The average molecular weight is 430 g/mol. The number of benzene rings is 2. The lowest BCUT2D eigenvalue weighted by Crippen LogP contribution is -2.40. The molecule has 7 heteroatoms. The second-order valence-electron chi connectivity index (χ2n) is 8.03. The number of hydrogen-bond acceptors (Lipinski definition) is 3. The van der Waals surface area contributed by atoms with E-state index in [1.54, 1.807) is 28.6 Å². The van der Waals surface area contributed by atoms with Crippen molar-refractivity contribution in [1.82, 2.24) is 14.9 Å². The van der Waals surface area contributed by atoms with Crippen molar-refractivity contribution in [3.05, 3.63) is 65.7 Å². The molecule has 1 atom stereocenters. The first-order chi connectivity index (χ1) is 14.4. The summed E-state index contributed by atoms with van der Waals surface area (Å²) < 4.78 is 27.8. The molecule has 1 saturated heterocycles. The van der Waals surface area contributed by atoms with E-state index in [9.17, 15) is 13.2 Å². The topological polar surface area (TPSA) is 78.5 Å². The average Bonchev–Trinajstić information content (AvgIpc) is 2.77. The molecule has 0 spiro atoms. The fourth-order valence-electron chi connectivity index (χ4n) is 3.81. The van der Waals surface area contributed by atoms with Crippen LogP contribution >= 0.6 is 0 Å². The van der Waals surface area contributed by atoms with Crippen LogP contribution in [0.1, 0.15) is 50.3 Å². The number of carbonyl (C=O) groups excluding carboxylic acids is 1. The summed E-state index contributed by atoms with van der Waals surface area (Å²) in [7, 11) is -3.56. The van der Waals surface area contributed by atoms with Gasteiger partial charge in [-0.25, -0.2) is 13.2 Å². The smallest absolute Gasteiger partial charge is 0.315 e. The number of sulfonamides is 1. The van der Waals surface area contributed by atoms with Crippen LogP contribution in [0.15, 0.2) is 59.5 Å². The van der Waals surface area contributed by atoms with Crippen molar-refractivity contribution in [3.8, 4) is 0 Å². The van der Waals surface area contributed by atoms with E-state index in [1.165, 1.54) is 0 Å². The zero-order valence-corrected chi connectivity index (χ0v) is 18.5. The highest BCUT2D eigenvalue weighted by Crippen LogP contribution is 2.24. The minimum absolute atomic E-state index is 0.126. The van der Waals surface area contributed by atoms with Crippen molar-refractivity contribution in [1.29, 1.82) is 0 Å². The lowest BCUT2D eigenvalue weighted by atomic mass is 9.96. The molecule has 162 valence electrons. The molecule has 0 bridgehead atoms. The fraction of sp³-hybridized carbons (Fsp3) is 0.435. The first-order valence-electron chi connectivity index (χ1n) is 10.6. The van der Waals surface area contributed by atoms with Crippen LogP contribution in [-0.4, -0.2) is 31.8 Å². The second-order valence-corrected chi connectivity index (χ2v) is 9.94. The van der Waals surface area contributed by atoms with Crippen molar-refractivity contribution in [2.45, 2.75) is 50.6 Å². The van der Waals surface area contributed by atoms with Gasteiger partial charge in [-0.1, -0.05) is 68.8 Å². The molecule has 30 heavy (non-hydrogen) atoms. The Labute approximate surface area is 179 Å². The normalized spacial score (nSPS) is 16.2. The van der Waals surface area contributed by atoms with Crippen molar-refractivity contribution < 1.29 is 13.2 Å². The molecule has 2 N–H and O–H groups in total. The maximum atomic E-state index is 13.1. The van der Waals surface area contributed by atoms with Crippen LogP contribution in [0.3, 0.4) is 0 Å². The molecule has 0 unspecified atom stereocenters. The van der Waals surface area contributed by atoms with Crippen LogP contribution in [-0.2, 0) is 16.6 Å². The number of nitrogens with one attached hydrogen (secondary N) is 2. The number of hydrogen-bond donors (Lipinski definition) is 2. The molecule has 1 aliphatic rings. The van der Waals surface area contributed by atoms with Crippen LogP contribution in [0, 0.1) is 5.92 Å². The van der Waals surface area contributed by atoms with E-state index >= 15 is 0 Å². The molecule has 0 aromatic heterocycles. The number of urea groups is 1. The minimum atomic E-state index is -3.56. The summed E-state index contributed by atoms with van der Waals surface area (Å²) in [5.74, 6) is 0.213. The van der Waals surface area contributed by atoms with E-state index in [4.69, 9.17) is 0 Å². The van der Waals surface area contributed by atoms with Gasteiger partial charge in [-0.05, 0) is 36.0 Å². The number of amides is 2. The fourth-order valence-corrected chi connectivity index (χ4v) is 5.55. The molecule has 0 radical (unpaired) electrons. The van der Waals surface area contributed by atoms with Gasteiger partial charge in [0.25, 0.3) is 0 Å². The monoisotopic (exact) mass is 429 g/mol. The highest BCUT2D eigenvalue weighted by molar-refractivity contribution is 7.89. The van der Waals surface area contributed by atoms with Gasteiger partial charge in [0.05, 0.1) is 10.9 Å². The Bertz CT molecular complexity index is 939. The van der Waals surface area contributed by atoms with Crippen molar-refractivity contribution in [2.75, 3.05) is 13.1 Å². The number of rotatable bonds is 7. The Hall–Kier alpha value is -2.38. The molecule has 1 heterocycles. The molecule has 3 rings (SSSR count). The van der Waals surface area contributed by atoms with E-state index in [0.717, 1.165) is 24.8 Å². The molecular formula is C23H31N3O3S. The third kappa shape index (κ3) is 5.40. The van der Waals surface area contributed by atoms with Crippen LogP contribution < -0.4 is 10.6 Å². The molecule has 0 saturated carbocycles. The zero-order chi connectivity index (χ0) is 21.6. The summed E-state index contributed by atoms with van der Waals surface area (Å²) in [4.78, 5) is 12.9. The zero-order valence-electron chi connectivity index (χ0n) is 17.7. The third-order valence-corrected chi connectivity index (χ3v) is 7.46. The summed E-state index contributed by atoms with van der Waals surface area (Å²) in [6.07, 6.45) is 2.84. The quantitative estimate of drug-likeness (QED) is 0.697. The van der Waals surface area contributed by atoms with E-state index in [2.05, 4.69) is 24.5 Å². The summed E-state index contributed by atoms with van der Waals surface area (Å²) in [6, 6.07) is 16.3. The number of carbonyl (C=O) groups is 1. The molecule has 1 fully saturated rings. The molecule has 2 aromatic rings. The van der Waals surface area contributed by atoms with E-state index in [0.29, 0.717) is 18.7 Å². The Morgan fingerprint density at radius 2 is 1.60 bits per heavy atom. The SMILES string of the molecule is CC(C)[C@H](NC(=O)NCc1ccccc1S(=O)(=O)N1CCCCC1)c1ccccc1. The van der Waals surface area contributed by atoms with Gasteiger partial charge < -0.3 is 10.6 Å². The van der Waals surface area contributed by atoms with E-state index < -0.39 is 10.0 Å². The molecule has 0 aliphatic carbocycles. The standard InChI is InChI=1S/C23H31N3O3S/c1-18(2)22(19-11-5-3-6-12-19)25-23(27)24-17-20-13-7-8-14-21(20)30(28,29)26-15-9-4-10-16-26/h3,5-8,11-14,18,22H,4,9-10,15-17H2,1-2H3,(H2,24,25,27)/t22-/m0/s1. The maximum absolute atomic E-state index is 13.1. The number of piperidine rings is 1. The largest absolute Gasteiger partial charge is 0.334 e. The van der Waals surface area contributed by atoms with Crippen molar-refractivity contribution >= 4 is 16.1 Å². The minimum Gasteiger partial charge on any atom is -0.334 e. The first kappa shape index (κ1) is 22.3. The van der Waals surface area contributed by atoms with Gasteiger partial charge in [-0.2, -0.15) is 4.31 Å². The summed E-state index contributed by atoms with van der Waals surface area (Å²) in [5, 5.41) is 5.85. The van der Waals surface area contributed by atoms with Crippen LogP contribution in [0.25, 0.3) is 0 Å². The van der Waals surface area contributed by atoms with Gasteiger partial charge in [-0.3, -0.25) is 0 Å². The molecule has 2 amide bonds. The Morgan fingerprint density at radius 1 is 0.967 bits per heavy atom. The lowest BCUT2D eigenvalue weighted by molar-refractivity contribution is 0.232. The van der Waals surface area contributed by atoms with Crippen LogP contribution in [0.2, 0.25) is 0 Å². The molecule has 2 aromatic carbocycles. The Kier molecular flexibility index (Phi) is 7.50. The van der Waals surface area contributed by atoms with Crippen LogP contribution in [0.4, 0.5) is 4.79 Å². The van der Waals surface area contributed by atoms with Crippen molar-refractivity contribution in [3.63, 3.8) is 0 Å². The van der Waals surface area contributed by atoms with Gasteiger partial charge >= 0.3 is 6.03 Å². The lowest BCUT2D eigenvalue weighted by Gasteiger charge is -2.27. The van der Waals surface area contributed by atoms with Gasteiger partial charge in [0.1, 0.15) is 0 Å². The Morgan fingerprint density at radius 3 is 2.27 bits per heavy atom. The van der Waals surface area contributed by atoms with Crippen LogP contribution in [0.5, 0.6) is 0 Å². The molecule has 6 nitrogen and oxygen atoms in total. The predicted octanol–water partition coefficient (Wildman–Crippen LogP) is 4.06. The summed E-state index contributed by atoms with van der Waals surface area (Å²) in [5.41, 5.74) is 1.63. The summed E-state index contributed by atoms with van der Waals surface area (Å²) >= 11 is 0. The second kappa shape index (κ2) is 10.1. The molecular weight excluding hydrogens is 398 g/mol. The van der Waals surface area contributed by atoms with E-state index in [-0.39, 0.29) is 29.4 Å². The maximum Gasteiger partial charge on any atom is 0.315 e. The van der Waals surface area contributed by atoms with Gasteiger partial charge in [0.2, 0.25) is 10.0 Å². The molecule has 1 aliphatic heterocycles.